The molecule has 2 N–H and O–H groups in total. The zero-order chi connectivity index (χ0) is 23.2. The molecule has 1 saturated heterocycles. The Kier molecular flexibility index (Phi) is 5.85. The Hall–Kier alpha value is -2.71. The lowest BCUT2D eigenvalue weighted by Crippen LogP contribution is -2.58. The van der Waals surface area contributed by atoms with Gasteiger partial charge >= 0.3 is 6.18 Å². The third kappa shape index (κ3) is 4.17. The number of piperidine rings is 1. The van der Waals surface area contributed by atoms with E-state index in [1.54, 1.807) is 36.4 Å². The van der Waals surface area contributed by atoms with Gasteiger partial charge in [-0.2, -0.15) is 13.2 Å². The summed E-state index contributed by atoms with van der Waals surface area (Å²) >= 11 is 12.1. The predicted octanol–water partition coefficient (Wildman–Crippen LogP) is 5.17. The van der Waals surface area contributed by atoms with Gasteiger partial charge in [0.2, 0.25) is 11.8 Å². The van der Waals surface area contributed by atoms with Gasteiger partial charge in [-0.3, -0.25) is 9.59 Å². The van der Waals surface area contributed by atoms with Crippen molar-refractivity contribution in [3.05, 3.63) is 70.2 Å². The summed E-state index contributed by atoms with van der Waals surface area (Å²) in [5, 5.41) is 5.54. The summed E-state index contributed by atoms with van der Waals surface area (Å²) < 4.78 is 45.6. The van der Waals surface area contributed by atoms with Crippen LogP contribution >= 0.6 is 23.2 Å². The molecule has 2 aliphatic rings. The largest absolute Gasteiger partial charge is 0.456 e. The van der Waals surface area contributed by atoms with E-state index in [1.165, 1.54) is 0 Å². The maximum atomic E-state index is 13.3. The monoisotopic (exact) mass is 484 g/mol. The Labute approximate surface area is 191 Å². The zero-order valence-corrected chi connectivity index (χ0v) is 17.9. The van der Waals surface area contributed by atoms with Crippen molar-refractivity contribution in [3.8, 4) is 11.5 Å². The molecule has 5 nitrogen and oxygen atoms in total. The molecule has 2 aromatic rings. The summed E-state index contributed by atoms with van der Waals surface area (Å²) in [6.45, 7) is 3.43. The number of benzene rings is 2. The molecule has 3 unspecified atom stereocenters. The maximum absolute atomic E-state index is 13.3. The number of ether oxygens (including phenoxy) is 1. The van der Waals surface area contributed by atoms with Crippen LogP contribution in [-0.2, 0) is 9.59 Å². The van der Waals surface area contributed by atoms with Gasteiger partial charge in [0, 0.05) is 27.1 Å². The van der Waals surface area contributed by atoms with E-state index in [2.05, 4.69) is 11.9 Å². The second-order valence-electron chi connectivity index (χ2n) is 7.62. The first-order chi connectivity index (χ1) is 15.1. The van der Waals surface area contributed by atoms with Gasteiger partial charge in [0.15, 0.2) is 0 Å². The van der Waals surface area contributed by atoms with Crippen LogP contribution in [0.25, 0.3) is 0 Å². The van der Waals surface area contributed by atoms with Crippen LogP contribution in [0.4, 0.5) is 13.2 Å². The Balaban J connectivity index is 1.64. The smallest absolute Gasteiger partial charge is 0.409 e. The lowest BCUT2D eigenvalue weighted by atomic mass is 9.82. The minimum absolute atomic E-state index is 0.310. The van der Waals surface area contributed by atoms with Gasteiger partial charge in [-0.25, -0.2) is 0 Å². The SMILES string of the molecule is C=CC1CC(C(=O)NC2c3ccc(Cl)cc3Oc3cc(Cl)ccc32)C(=O)NC1C(F)(F)F. The average molecular weight is 485 g/mol. The molecule has 0 spiro atoms. The molecule has 32 heavy (non-hydrogen) atoms. The standard InChI is InChI=1S/C22H17Cl2F3N2O3/c1-2-10-7-15(21(31)29-19(10)22(25,26)27)20(30)28-18-13-5-3-11(23)8-16(13)32-17-9-12(24)4-6-14(17)18/h2-6,8-10,15,18-19H,1,7H2,(H,28,30)(H,29,31). The molecule has 0 aliphatic carbocycles. The highest BCUT2D eigenvalue weighted by Gasteiger charge is 2.50. The van der Waals surface area contributed by atoms with E-state index in [9.17, 15) is 22.8 Å². The van der Waals surface area contributed by atoms with E-state index < -0.39 is 41.9 Å². The van der Waals surface area contributed by atoms with E-state index in [4.69, 9.17) is 27.9 Å². The van der Waals surface area contributed by atoms with Crippen molar-refractivity contribution in [1.29, 1.82) is 0 Å². The van der Waals surface area contributed by atoms with Crippen molar-refractivity contribution in [2.24, 2.45) is 11.8 Å². The van der Waals surface area contributed by atoms with Crippen molar-refractivity contribution in [1.82, 2.24) is 10.6 Å². The van der Waals surface area contributed by atoms with Crippen LogP contribution < -0.4 is 15.4 Å². The number of alkyl halides is 3. The van der Waals surface area contributed by atoms with Gasteiger partial charge in [0.05, 0.1) is 6.04 Å². The first kappa shape index (κ1) is 22.5. The summed E-state index contributed by atoms with van der Waals surface area (Å²) in [6.07, 6.45) is -3.84. The van der Waals surface area contributed by atoms with Gasteiger partial charge in [0.1, 0.15) is 23.5 Å². The summed E-state index contributed by atoms with van der Waals surface area (Å²) in [5.41, 5.74) is 1.17. The average Bonchev–Trinajstić information content (AvgIpc) is 2.72. The minimum Gasteiger partial charge on any atom is -0.456 e. The van der Waals surface area contributed by atoms with Crippen LogP contribution in [0.15, 0.2) is 49.1 Å². The van der Waals surface area contributed by atoms with Crippen molar-refractivity contribution < 1.29 is 27.5 Å². The Morgan fingerprint density at radius 1 is 1.12 bits per heavy atom. The fourth-order valence-electron chi connectivity index (χ4n) is 4.01. The quantitative estimate of drug-likeness (QED) is 0.466. The molecule has 168 valence electrons. The molecule has 10 heteroatoms. The molecule has 2 aliphatic heterocycles. The lowest BCUT2D eigenvalue weighted by molar-refractivity contribution is -0.178. The second-order valence-corrected chi connectivity index (χ2v) is 8.50. The number of amides is 2. The highest BCUT2D eigenvalue weighted by Crippen LogP contribution is 2.45. The number of fused-ring (bicyclic) bond motifs is 2. The molecule has 2 heterocycles. The van der Waals surface area contributed by atoms with E-state index in [0.29, 0.717) is 32.7 Å². The molecule has 0 aromatic heterocycles. The van der Waals surface area contributed by atoms with Crippen molar-refractivity contribution >= 4 is 35.0 Å². The summed E-state index contributed by atoms with van der Waals surface area (Å²) in [4.78, 5) is 25.5. The van der Waals surface area contributed by atoms with Gasteiger partial charge in [-0.15, -0.1) is 6.58 Å². The number of carbonyl (C=O) groups excluding carboxylic acids is 2. The van der Waals surface area contributed by atoms with Crippen LogP contribution in [0.3, 0.4) is 0 Å². The zero-order valence-electron chi connectivity index (χ0n) is 16.4. The Morgan fingerprint density at radius 2 is 1.69 bits per heavy atom. The number of nitrogens with one attached hydrogen (secondary N) is 2. The van der Waals surface area contributed by atoms with E-state index >= 15 is 0 Å². The van der Waals surface area contributed by atoms with Gasteiger partial charge in [0.25, 0.3) is 0 Å². The number of carbonyl (C=O) groups is 2. The highest BCUT2D eigenvalue weighted by atomic mass is 35.5. The number of rotatable bonds is 3. The number of hydrogen-bond acceptors (Lipinski definition) is 3. The van der Waals surface area contributed by atoms with Crippen molar-refractivity contribution in [2.75, 3.05) is 0 Å². The summed E-state index contributed by atoms with van der Waals surface area (Å²) in [5.74, 6) is -3.34. The maximum Gasteiger partial charge on any atom is 0.409 e. The van der Waals surface area contributed by atoms with Crippen molar-refractivity contribution in [3.63, 3.8) is 0 Å². The van der Waals surface area contributed by atoms with E-state index in [0.717, 1.165) is 6.08 Å². The first-order valence-electron chi connectivity index (χ1n) is 9.65. The fraction of sp³-hybridized carbons (Fsp3) is 0.273. The molecule has 1 fully saturated rings. The minimum atomic E-state index is -4.65. The van der Waals surface area contributed by atoms with Gasteiger partial charge in [-0.05, 0) is 30.7 Å². The molecular formula is C22H17Cl2F3N2O3. The lowest BCUT2D eigenvalue weighted by Gasteiger charge is -2.36. The Bertz CT molecular complexity index is 1050. The third-order valence-corrected chi connectivity index (χ3v) is 6.07. The van der Waals surface area contributed by atoms with Crippen molar-refractivity contribution in [2.45, 2.75) is 24.7 Å². The van der Waals surface area contributed by atoms with Crippen LogP contribution in [0.5, 0.6) is 11.5 Å². The predicted molar refractivity (Wildman–Crippen MR) is 113 cm³/mol. The molecule has 4 rings (SSSR count). The number of halogens is 5. The number of hydrogen-bond donors (Lipinski definition) is 2. The van der Waals surface area contributed by atoms with Crippen LogP contribution in [0.2, 0.25) is 10.0 Å². The van der Waals surface area contributed by atoms with E-state index in [-0.39, 0.29) is 6.42 Å². The van der Waals surface area contributed by atoms with Crippen LogP contribution in [0, 0.1) is 11.8 Å². The van der Waals surface area contributed by atoms with Gasteiger partial charge in [-0.1, -0.05) is 41.4 Å². The molecular weight excluding hydrogens is 468 g/mol. The van der Waals surface area contributed by atoms with Gasteiger partial charge < -0.3 is 15.4 Å². The van der Waals surface area contributed by atoms with Crippen LogP contribution in [-0.4, -0.2) is 24.0 Å². The van der Waals surface area contributed by atoms with E-state index in [1.807, 2.05) is 5.32 Å². The third-order valence-electron chi connectivity index (χ3n) is 5.60. The summed E-state index contributed by atoms with van der Waals surface area (Å²) in [6, 6.07) is 6.96. The molecule has 2 amide bonds. The summed E-state index contributed by atoms with van der Waals surface area (Å²) in [7, 11) is 0. The first-order valence-corrected chi connectivity index (χ1v) is 10.4. The Morgan fingerprint density at radius 3 is 2.19 bits per heavy atom. The molecule has 0 radical (unpaired) electrons. The fourth-order valence-corrected chi connectivity index (χ4v) is 4.34. The topological polar surface area (TPSA) is 67.4 Å². The van der Waals surface area contributed by atoms with Crippen LogP contribution in [0.1, 0.15) is 23.6 Å². The molecule has 0 bridgehead atoms. The normalized spacial score (nSPS) is 22.8. The highest BCUT2D eigenvalue weighted by molar-refractivity contribution is 6.31. The second kappa shape index (κ2) is 8.33. The molecule has 0 saturated carbocycles. The molecule has 2 aromatic carbocycles. The molecule has 3 atom stereocenters.